The summed E-state index contributed by atoms with van der Waals surface area (Å²) >= 11 is 0. The molecule has 0 amide bonds. The topological polar surface area (TPSA) is 38.7 Å². The predicted octanol–water partition coefficient (Wildman–Crippen LogP) is 4.23. The number of rotatable bonds is 6. The zero-order valence-corrected chi connectivity index (χ0v) is 13.2. The van der Waals surface area contributed by atoms with Gasteiger partial charge in [0.05, 0.1) is 7.11 Å². The Morgan fingerprint density at radius 1 is 1.05 bits per heavy atom. The lowest BCUT2D eigenvalue weighted by molar-refractivity contribution is 0.0451. The lowest BCUT2D eigenvalue weighted by atomic mass is 10.1. The molecule has 0 aliphatic heterocycles. The number of allylic oxidation sites excluding steroid dienone is 1. The molecule has 0 saturated carbocycles. The average molecular weight is 298 g/mol. The summed E-state index contributed by atoms with van der Waals surface area (Å²) in [7, 11) is 1.61. The van der Waals surface area contributed by atoms with Crippen LogP contribution in [0.2, 0.25) is 0 Å². The minimum absolute atomic E-state index is 0.385. The van der Waals surface area contributed by atoms with E-state index in [1.54, 1.807) is 7.11 Å². The van der Waals surface area contributed by atoms with E-state index < -0.39 is 6.10 Å². The number of ether oxygens (including phenoxy) is 2. The molecule has 0 aliphatic rings. The Balaban J connectivity index is 2.15. The van der Waals surface area contributed by atoms with Crippen LogP contribution < -0.4 is 9.47 Å². The van der Waals surface area contributed by atoms with Crippen molar-refractivity contribution in [1.29, 1.82) is 0 Å². The number of methoxy groups -OCH3 is 1. The fraction of sp³-hybridized carbons (Fsp3) is 0.263. The molecule has 0 aromatic heterocycles. The Morgan fingerprint density at radius 3 is 2.41 bits per heavy atom. The zero-order chi connectivity index (χ0) is 15.9. The molecule has 2 aromatic carbocycles. The molecule has 0 aliphatic carbocycles. The van der Waals surface area contributed by atoms with Crippen LogP contribution in [0.4, 0.5) is 0 Å². The smallest absolute Gasteiger partial charge is 0.161 e. The highest BCUT2D eigenvalue weighted by Gasteiger charge is 2.19. The van der Waals surface area contributed by atoms with Gasteiger partial charge in [-0.05, 0) is 37.1 Å². The van der Waals surface area contributed by atoms with Gasteiger partial charge < -0.3 is 14.6 Å². The van der Waals surface area contributed by atoms with Gasteiger partial charge in [0.25, 0.3) is 0 Å². The minimum atomic E-state index is -0.693. The van der Waals surface area contributed by atoms with Gasteiger partial charge in [-0.25, -0.2) is 0 Å². The summed E-state index contributed by atoms with van der Waals surface area (Å²) in [4.78, 5) is 0. The van der Waals surface area contributed by atoms with Crippen LogP contribution in [0.5, 0.6) is 11.5 Å². The molecule has 1 N–H and O–H groups in total. The molecule has 2 atom stereocenters. The van der Waals surface area contributed by atoms with Crippen LogP contribution in [0.1, 0.15) is 31.1 Å². The highest BCUT2D eigenvalue weighted by atomic mass is 16.5. The number of aliphatic hydroxyl groups excluding tert-OH is 1. The molecule has 3 nitrogen and oxygen atoms in total. The molecule has 0 unspecified atom stereocenters. The normalized spacial score (nSPS) is 13.8. The summed E-state index contributed by atoms with van der Waals surface area (Å²) < 4.78 is 11.3. The van der Waals surface area contributed by atoms with E-state index in [4.69, 9.17) is 9.47 Å². The van der Waals surface area contributed by atoms with E-state index in [-0.39, 0.29) is 6.10 Å². The lowest BCUT2D eigenvalue weighted by Gasteiger charge is -2.22. The molecular weight excluding hydrogens is 276 g/mol. The van der Waals surface area contributed by atoms with E-state index in [1.165, 1.54) is 0 Å². The van der Waals surface area contributed by atoms with Crippen molar-refractivity contribution < 1.29 is 14.6 Å². The third-order valence-electron chi connectivity index (χ3n) is 3.45. The third kappa shape index (κ3) is 3.89. The molecule has 3 heteroatoms. The number of aliphatic hydroxyl groups is 1. The van der Waals surface area contributed by atoms with Crippen LogP contribution in [-0.2, 0) is 0 Å². The maximum atomic E-state index is 10.4. The van der Waals surface area contributed by atoms with Crippen LogP contribution in [-0.4, -0.2) is 18.3 Å². The van der Waals surface area contributed by atoms with Gasteiger partial charge in [-0.2, -0.15) is 0 Å². The van der Waals surface area contributed by atoms with Gasteiger partial charge in [-0.1, -0.05) is 48.6 Å². The summed E-state index contributed by atoms with van der Waals surface area (Å²) in [5, 5.41) is 10.4. The van der Waals surface area contributed by atoms with Gasteiger partial charge in [0.1, 0.15) is 12.2 Å². The third-order valence-corrected chi connectivity index (χ3v) is 3.45. The fourth-order valence-electron chi connectivity index (χ4n) is 2.26. The molecule has 0 heterocycles. The number of hydrogen-bond donors (Lipinski definition) is 1. The first-order valence-electron chi connectivity index (χ1n) is 7.36. The van der Waals surface area contributed by atoms with Crippen molar-refractivity contribution in [1.82, 2.24) is 0 Å². The van der Waals surface area contributed by atoms with E-state index in [0.29, 0.717) is 11.5 Å². The first kappa shape index (κ1) is 16.1. The maximum Gasteiger partial charge on any atom is 0.161 e. The Bertz CT molecular complexity index is 620. The molecule has 0 radical (unpaired) electrons. The molecule has 0 bridgehead atoms. The maximum absolute atomic E-state index is 10.4. The molecule has 0 saturated heterocycles. The van der Waals surface area contributed by atoms with Crippen molar-refractivity contribution in [3.8, 4) is 11.5 Å². The predicted molar refractivity (Wildman–Crippen MR) is 89.2 cm³/mol. The minimum Gasteiger partial charge on any atom is -0.493 e. The zero-order valence-electron chi connectivity index (χ0n) is 13.2. The number of hydrogen-bond acceptors (Lipinski definition) is 3. The van der Waals surface area contributed by atoms with Gasteiger partial charge in [0, 0.05) is 0 Å². The molecule has 0 spiro atoms. The average Bonchev–Trinajstić information content (AvgIpc) is 2.56. The lowest BCUT2D eigenvalue weighted by Crippen LogP contribution is -2.22. The first-order valence-corrected chi connectivity index (χ1v) is 7.36. The molecule has 22 heavy (non-hydrogen) atoms. The monoisotopic (exact) mass is 298 g/mol. The van der Waals surface area contributed by atoms with E-state index in [9.17, 15) is 5.11 Å². The van der Waals surface area contributed by atoms with Crippen LogP contribution >= 0.6 is 0 Å². The van der Waals surface area contributed by atoms with E-state index in [0.717, 1.165) is 11.1 Å². The van der Waals surface area contributed by atoms with Crippen LogP contribution in [0.25, 0.3) is 6.08 Å². The second-order valence-electron chi connectivity index (χ2n) is 5.09. The van der Waals surface area contributed by atoms with Gasteiger partial charge >= 0.3 is 0 Å². The summed E-state index contributed by atoms with van der Waals surface area (Å²) in [6.07, 6.45) is 2.89. The van der Waals surface area contributed by atoms with E-state index in [1.807, 2.05) is 74.5 Å². The van der Waals surface area contributed by atoms with Crippen molar-refractivity contribution in [2.24, 2.45) is 0 Å². The van der Waals surface area contributed by atoms with Gasteiger partial charge in [-0.3, -0.25) is 0 Å². The Kier molecular flexibility index (Phi) is 5.61. The van der Waals surface area contributed by atoms with Gasteiger partial charge in [0.15, 0.2) is 11.5 Å². The summed E-state index contributed by atoms with van der Waals surface area (Å²) in [6.45, 7) is 3.81. The van der Waals surface area contributed by atoms with Gasteiger partial charge in [-0.15, -0.1) is 0 Å². The van der Waals surface area contributed by atoms with Crippen molar-refractivity contribution in [2.45, 2.75) is 26.1 Å². The highest BCUT2D eigenvalue weighted by Crippen LogP contribution is 2.31. The summed E-state index contributed by atoms with van der Waals surface area (Å²) in [6, 6.07) is 15.2. The standard InChI is InChI=1S/C19H22O3/c1-4-8-15-11-12-17(18(13-15)21-3)22-14(2)19(20)16-9-6-5-7-10-16/h4-14,19-20H,1-3H3/b8-4+/t14-,19-/m1/s1. The Hall–Kier alpha value is -2.26. The molecule has 2 aromatic rings. The number of benzene rings is 2. The van der Waals surface area contributed by atoms with Crippen LogP contribution in [0, 0.1) is 0 Å². The fourth-order valence-corrected chi connectivity index (χ4v) is 2.26. The second-order valence-corrected chi connectivity index (χ2v) is 5.09. The van der Waals surface area contributed by atoms with Crippen molar-refractivity contribution in [2.75, 3.05) is 7.11 Å². The Labute approximate surface area is 131 Å². The molecular formula is C19H22O3. The largest absolute Gasteiger partial charge is 0.493 e. The Morgan fingerprint density at radius 2 is 1.77 bits per heavy atom. The van der Waals surface area contributed by atoms with Crippen LogP contribution in [0.15, 0.2) is 54.6 Å². The van der Waals surface area contributed by atoms with Crippen molar-refractivity contribution in [3.63, 3.8) is 0 Å². The van der Waals surface area contributed by atoms with E-state index in [2.05, 4.69) is 0 Å². The molecule has 116 valence electrons. The van der Waals surface area contributed by atoms with Gasteiger partial charge in [0.2, 0.25) is 0 Å². The highest BCUT2D eigenvalue weighted by molar-refractivity contribution is 5.55. The van der Waals surface area contributed by atoms with Crippen molar-refractivity contribution >= 4 is 6.08 Å². The SMILES string of the molecule is C/C=C/c1ccc(O[C@H](C)[C@@H](O)c2ccccc2)c(OC)c1. The summed E-state index contributed by atoms with van der Waals surface area (Å²) in [5.74, 6) is 1.28. The molecule has 0 fully saturated rings. The second kappa shape index (κ2) is 7.66. The van der Waals surface area contributed by atoms with Crippen LogP contribution in [0.3, 0.4) is 0 Å². The quantitative estimate of drug-likeness (QED) is 0.867. The molecule has 2 rings (SSSR count). The van der Waals surface area contributed by atoms with E-state index >= 15 is 0 Å². The summed E-state index contributed by atoms with van der Waals surface area (Å²) in [5.41, 5.74) is 1.88. The van der Waals surface area contributed by atoms with Crippen molar-refractivity contribution in [3.05, 3.63) is 65.7 Å². The first-order chi connectivity index (χ1) is 10.7.